The molecule has 1 aliphatic heterocycles. The van der Waals surface area contributed by atoms with Crippen LogP contribution in [0.1, 0.15) is 16.7 Å². The molecule has 1 N–H and O–H groups in total. The normalized spacial score (nSPS) is 19.2. The van der Waals surface area contributed by atoms with Gasteiger partial charge in [-0.15, -0.1) is 5.10 Å². The Labute approximate surface area is 143 Å². The van der Waals surface area contributed by atoms with E-state index >= 15 is 0 Å². The van der Waals surface area contributed by atoms with Crippen LogP contribution in [0.3, 0.4) is 0 Å². The molecule has 0 bridgehead atoms. The van der Waals surface area contributed by atoms with E-state index in [9.17, 15) is 9.18 Å². The molecule has 2 aromatic carbocycles. The number of hydrogen-bond acceptors (Lipinski definition) is 4. The average Bonchev–Trinajstić information content (AvgIpc) is 2.91. The number of carbonyl (C=O) groups is 1. The lowest BCUT2D eigenvalue weighted by Gasteiger charge is -2.07. The van der Waals surface area contributed by atoms with E-state index in [1.165, 1.54) is 24.0 Å². The molecular weight excluding hydrogens is 325 g/mol. The summed E-state index contributed by atoms with van der Waals surface area (Å²) >= 11 is 1.34. The van der Waals surface area contributed by atoms with E-state index in [-0.39, 0.29) is 17.0 Å². The maximum absolute atomic E-state index is 13.5. The van der Waals surface area contributed by atoms with E-state index < -0.39 is 0 Å². The minimum Gasteiger partial charge on any atom is -0.303 e. The number of nitrogens with zero attached hydrogens (tertiary/aromatic N) is 2. The molecular formula is C18H16FN3OS. The van der Waals surface area contributed by atoms with E-state index in [4.69, 9.17) is 0 Å². The van der Waals surface area contributed by atoms with Gasteiger partial charge in [-0.05, 0) is 30.5 Å². The fourth-order valence-electron chi connectivity index (χ4n) is 2.35. The van der Waals surface area contributed by atoms with Crippen molar-refractivity contribution < 1.29 is 9.18 Å². The lowest BCUT2D eigenvalue weighted by molar-refractivity contribution is -0.118. The lowest BCUT2D eigenvalue weighted by Crippen LogP contribution is -2.26. The molecule has 0 saturated carbocycles. The first kappa shape index (κ1) is 16.4. The summed E-state index contributed by atoms with van der Waals surface area (Å²) in [5.41, 5.74) is 2.66. The molecule has 1 aliphatic rings. The van der Waals surface area contributed by atoms with Crippen LogP contribution in [0, 0.1) is 12.7 Å². The molecule has 1 amide bonds. The quantitative estimate of drug-likeness (QED) is 0.685. The Kier molecular flexibility index (Phi) is 5.05. The van der Waals surface area contributed by atoms with Gasteiger partial charge in [-0.3, -0.25) is 4.79 Å². The van der Waals surface area contributed by atoms with Crippen LogP contribution in [0.4, 0.5) is 4.39 Å². The van der Waals surface area contributed by atoms with Crippen molar-refractivity contribution in [1.29, 1.82) is 0 Å². The Hall–Kier alpha value is -2.47. The minimum absolute atomic E-state index is 0.0805. The highest BCUT2D eigenvalue weighted by Gasteiger charge is 2.30. The standard InChI is InChI=1S/C18H16FN3OS/c1-12-6-2-3-7-13(12)10-16-17(23)21-18(24-16)22-20-11-14-8-4-5-9-15(14)19/h2-9,11,16H,10H2,1H3,(H,21,22,23)/b20-11-/t16-/m1/s1. The van der Waals surface area contributed by atoms with Crippen LogP contribution in [0.2, 0.25) is 0 Å². The molecule has 6 heteroatoms. The van der Waals surface area contributed by atoms with Crippen molar-refractivity contribution in [3.63, 3.8) is 0 Å². The van der Waals surface area contributed by atoms with Gasteiger partial charge in [-0.25, -0.2) is 4.39 Å². The third-order valence-electron chi connectivity index (χ3n) is 3.69. The van der Waals surface area contributed by atoms with Crippen LogP contribution in [0.5, 0.6) is 0 Å². The third kappa shape index (κ3) is 3.89. The van der Waals surface area contributed by atoms with Gasteiger partial charge in [0.15, 0.2) is 5.17 Å². The first-order valence-electron chi connectivity index (χ1n) is 7.51. The number of amidine groups is 1. The number of halogens is 1. The van der Waals surface area contributed by atoms with Crippen LogP contribution in [-0.4, -0.2) is 22.5 Å². The molecule has 1 heterocycles. The van der Waals surface area contributed by atoms with Crippen molar-refractivity contribution in [2.24, 2.45) is 10.2 Å². The summed E-state index contributed by atoms with van der Waals surface area (Å²) in [5, 5.41) is 10.8. The highest BCUT2D eigenvalue weighted by Crippen LogP contribution is 2.24. The zero-order valence-corrected chi connectivity index (χ0v) is 13.9. The monoisotopic (exact) mass is 341 g/mol. The first-order chi connectivity index (χ1) is 11.6. The number of hydrogen-bond donors (Lipinski definition) is 1. The van der Waals surface area contributed by atoms with Crippen molar-refractivity contribution in [3.05, 3.63) is 71.0 Å². The van der Waals surface area contributed by atoms with Gasteiger partial charge in [0.2, 0.25) is 5.91 Å². The summed E-state index contributed by atoms with van der Waals surface area (Å²) in [6, 6.07) is 14.3. The Morgan fingerprint density at radius 3 is 2.75 bits per heavy atom. The molecule has 0 aromatic heterocycles. The number of rotatable bonds is 4. The van der Waals surface area contributed by atoms with E-state index in [1.54, 1.807) is 18.2 Å². The molecule has 0 aliphatic carbocycles. The number of aryl methyl sites for hydroxylation is 1. The second kappa shape index (κ2) is 7.40. The fourth-order valence-corrected chi connectivity index (χ4v) is 3.30. The van der Waals surface area contributed by atoms with Crippen LogP contribution < -0.4 is 5.32 Å². The van der Waals surface area contributed by atoms with Crippen molar-refractivity contribution >= 4 is 29.1 Å². The first-order valence-corrected chi connectivity index (χ1v) is 8.39. The van der Waals surface area contributed by atoms with Gasteiger partial charge in [0.25, 0.3) is 0 Å². The van der Waals surface area contributed by atoms with Crippen LogP contribution >= 0.6 is 11.8 Å². The molecule has 122 valence electrons. The highest BCUT2D eigenvalue weighted by molar-refractivity contribution is 8.15. The Morgan fingerprint density at radius 1 is 1.21 bits per heavy atom. The van der Waals surface area contributed by atoms with E-state index in [0.29, 0.717) is 17.2 Å². The summed E-state index contributed by atoms with van der Waals surface area (Å²) in [5.74, 6) is -0.440. The summed E-state index contributed by atoms with van der Waals surface area (Å²) in [6.07, 6.45) is 1.98. The van der Waals surface area contributed by atoms with Gasteiger partial charge in [0.05, 0.1) is 11.5 Å². The van der Waals surface area contributed by atoms with E-state index in [1.807, 2.05) is 31.2 Å². The molecule has 1 fully saturated rings. The molecule has 1 atom stereocenters. The number of amides is 1. The SMILES string of the molecule is Cc1ccccc1C[C@H]1S/C(=N/N=C\c2ccccc2F)NC1=O. The van der Waals surface area contributed by atoms with Gasteiger partial charge >= 0.3 is 0 Å². The van der Waals surface area contributed by atoms with Gasteiger partial charge in [0.1, 0.15) is 5.82 Å². The molecule has 1 saturated heterocycles. The molecule has 2 aromatic rings. The third-order valence-corrected chi connectivity index (χ3v) is 4.77. The van der Waals surface area contributed by atoms with Crippen LogP contribution in [0.25, 0.3) is 0 Å². The molecule has 3 rings (SSSR count). The van der Waals surface area contributed by atoms with Gasteiger partial charge in [0, 0.05) is 5.56 Å². The van der Waals surface area contributed by atoms with Crippen molar-refractivity contribution in [3.8, 4) is 0 Å². The molecule has 24 heavy (non-hydrogen) atoms. The summed E-state index contributed by atoms with van der Waals surface area (Å²) in [4.78, 5) is 12.1. The maximum Gasteiger partial charge on any atom is 0.239 e. The zero-order chi connectivity index (χ0) is 16.9. The van der Waals surface area contributed by atoms with Gasteiger partial charge in [-0.2, -0.15) is 5.10 Å². The number of thioether (sulfide) groups is 1. The second-order valence-electron chi connectivity index (χ2n) is 5.40. The molecule has 0 unspecified atom stereocenters. The van der Waals surface area contributed by atoms with Crippen LogP contribution in [0.15, 0.2) is 58.7 Å². The van der Waals surface area contributed by atoms with E-state index in [2.05, 4.69) is 15.5 Å². The predicted molar refractivity (Wildman–Crippen MR) is 95.8 cm³/mol. The molecule has 4 nitrogen and oxygen atoms in total. The average molecular weight is 341 g/mol. The largest absolute Gasteiger partial charge is 0.303 e. The van der Waals surface area contributed by atoms with Gasteiger partial charge < -0.3 is 5.32 Å². The number of nitrogens with one attached hydrogen (secondary N) is 1. The van der Waals surface area contributed by atoms with Crippen molar-refractivity contribution in [1.82, 2.24) is 5.32 Å². The fraction of sp³-hybridized carbons (Fsp3) is 0.167. The van der Waals surface area contributed by atoms with Crippen molar-refractivity contribution in [2.75, 3.05) is 0 Å². The Bertz CT molecular complexity index is 819. The zero-order valence-electron chi connectivity index (χ0n) is 13.1. The van der Waals surface area contributed by atoms with Crippen molar-refractivity contribution in [2.45, 2.75) is 18.6 Å². The second-order valence-corrected chi connectivity index (χ2v) is 6.59. The number of carbonyl (C=O) groups excluding carboxylic acids is 1. The maximum atomic E-state index is 13.5. The topological polar surface area (TPSA) is 53.8 Å². The van der Waals surface area contributed by atoms with Crippen LogP contribution in [-0.2, 0) is 11.2 Å². The molecule has 0 spiro atoms. The summed E-state index contributed by atoms with van der Waals surface area (Å²) in [6.45, 7) is 2.03. The molecule has 0 radical (unpaired) electrons. The Balaban J connectivity index is 1.66. The van der Waals surface area contributed by atoms with Gasteiger partial charge in [-0.1, -0.05) is 54.2 Å². The highest BCUT2D eigenvalue weighted by atomic mass is 32.2. The summed E-state index contributed by atoms with van der Waals surface area (Å²) < 4.78 is 13.5. The minimum atomic E-state index is -0.359. The Morgan fingerprint density at radius 2 is 1.96 bits per heavy atom. The smallest absolute Gasteiger partial charge is 0.239 e. The number of benzene rings is 2. The lowest BCUT2D eigenvalue weighted by atomic mass is 10.0. The predicted octanol–water partition coefficient (Wildman–Crippen LogP) is 3.30. The van der Waals surface area contributed by atoms with E-state index in [0.717, 1.165) is 11.1 Å². The summed E-state index contributed by atoms with van der Waals surface area (Å²) in [7, 11) is 0.